The van der Waals surface area contributed by atoms with E-state index < -0.39 is 12.0 Å². The Labute approximate surface area is 113 Å². The van der Waals surface area contributed by atoms with Gasteiger partial charge in [0.2, 0.25) is 0 Å². The van der Waals surface area contributed by atoms with Gasteiger partial charge < -0.3 is 10.0 Å². The second-order valence-electron chi connectivity index (χ2n) is 4.01. The van der Waals surface area contributed by atoms with Crippen LogP contribution in [0.4, 0.5) is 0 Å². The van der Waals surface area contributed by atoms with Crippen LogP contribution in [0.15, 0.2) is 5.38 Å². The van der Waals surface area contributed by atoms with Crippen LogP contribution in [0, 0.1) is 6.92 Å². The third-order valence-corrected chi connectivity index (χ3v) is 5.03. The minimum absolute atomic E-state index is 0.0689. The molecule has 2 heterocycles. The van der Waals surface area contributed by atoms with Gasteiger partial charge in [0.1, 0.15) is 11.7 Å². The van der Waals surface area contributed by atoms with E-state index in [4.69, 9.17) is 0 Å². The summed E-state index contributed by atoms with van der Waals surface area (Å²) >= 11 is 2.91. The average molecular weight is 286 g/mol. The number of thioether (sulfide) groups is 1. The Morgan fingerprint density at radius 2 is 2.33 bits per heavy atom. The highest BCUT2D eigenvalue weighted by Gasteiger charge is 2.41. The molecule has 1 aliphatic heterocycles. The Morgan fingerprint density at radius 3 is 2.83 bits per heavy atom. The molecular weight excluding hydrogens is 272 g/mol. The average Bonchev–Trinajstić information content (AvgIpc) is 2.93. The molecular formula is C11H14N2O3S2. The third-order valence-electron chi connectivity index (χ3n) is 2.80. The van der Waals surface area contributed by atoms with Gasteiger partial charge >= 0.3 is 5.97 Å². The van der Waals surface area contributed by atoms with Crippen molar-refractivity contribution in [2.75, 3.05) is 5.75 Å². The first kappa shape index (κ1) is 13.4. The van der Waals surface area contributed by atoms with E-state index in [1.807, 2.05) is 13.8 Å². The number of aliphatic carboxylic acids is 1. The number of carboxylic acid groups (broad SMARTS) is 1. The highest BCUT2D eigenvalue weighted by atomic mass is 32.2. The van der Waals surface area contributed by atoms with Crippen molar-refractivity contribution in [3.63, 3.8) is 0 Å². The number of amides is 1. The first-order valence-electron chi connectivity index (χ1n) is 5.63. The maximum atomic E-state index is 12.3. The van der Waals surface area contributed by atoms with Crippen LogP contribution in [0.1, 0.15) is 28.8 Å². The Morgan fingerprint density at radius 1 is 1.61 bits per heavy atom. The molecule has 0 radical (unpaired) electrons. The molecule has 1 amide bonds. The van der Waals surface area contributed by atoms with Crippen LogP contribution in [0.5, 0.6) is 0 Å². The summed E-state index contributed by atoms with van der Waals surface area (Å²) < 4.78 is 0. The summed E-state index contributed by atoms with van der Waals surface area (Å²) in [6, 6.07) is -0.741. The topological polar surface area (TPSA) is 70.5 Å². The molecule has 1 N–H and O–H groups in total. The largest absolute Gasteiger partial charge is 0.480 e. The van der Waals surface area contributed by atoms with E-state index in [-0.39, 0.29) is 11.3 Å². The van der Waals surface area contributed by atoms with Gasteiger partial charge in [-0.25, -0.2) is 9.78 Å². The zero-order valence-electron chi connectivity index (χ0n) is 10.1. The van der Waals surface area contributed by atoms with Gasteiger partial charge in [-0.15, -0.1) is 23.1 Å². The van der Waals surface area contributed by atoms with Crippen molar-refractivity contribution in [2.45, 2.75) is 31.7 Å². The molecule has 1 aliphatic rings. The fourth-order valence-electron chi connectivity index (χ4n) is 1.93. The van der Waals surface area contributed by atoms with E-state index >= 15 is 0 Å². The lowest BCUT2D eigenvalue weighted by Crippen LogP contribution is -2.45. The Kier molecular flexibility index (Phi) is 3.91. The SMILES string of the molecule is CCC1SCC(C(=O)O)N1C(=O)c1csc(C)n1. The maximum absolute atomic E-state index is 12.3. The molecule has 18 heavy (non-hydrogen) atoms. The number of nitrogens with zero attached hydrogens (tertiary/aromatic N) is 2. The van der Waals surface area contributed by atoms with E-state index in [2.05, 4.69) is 4.98 Å². The number of hydrogen-bond acceptors (Lipinski definition) is 5. The molecule has 2 rings (SSSR count). The molecule has 5 nitrogen and oxygen atoms in total. The van der Waals surface area contributed by atoms with Gasteiger partial charge in [0.15, 0.2) is 0 Å². The van der Waals surface area contributed by atoms with Gasteiger partial charge in [-0.3, -0.25) is 4.79 Å². The summed E-state index contributed by atoms with van der Waals surface area (Å²) in [5.41, 5.74) is 0.352. The van der Waals surface area contributed by atoms with Gasteiger partial charge in [0.25, 0.3) is 5.91 Å². The Bertz CT molecular complexity index is 475. The van der Waals surface area contributed by atoms with E-state index in [1.54, 1.807) is 5.38 Å². The third kappa shape index (κ3) is 2.37. The van der Waals surface area contributed by atoms with E-state index in [1.165, 1.54) is 28.0 Å². The van der Waals surface area contributed by atoms with Crippen molar-refractivity contribution in [2.24, 2.45) is 0 Å². The van der Waals surface area contributed by atoms with E-state index in [0.29, 0.717) is 11.4 Å². The predicted octanol–water partition coefficient (Wildman–Crippen LogP) is 1.83. The lowest BCUT2D eigenvalue weighted by Gasteiger charge is -2.25. The van der Waals surface area contributed by atoms with Crippen molar-refractivity contribution in [3.05, 3.63) is 16.1 Å². The molecule has 1 aromatic rings. The van der Waals surface area contributed by atoms with Crippen LogP contribution < -0.4 is 0 Å². The summed E-state index contributed by atoms with van der Waals surface area (Å²) in [4.78, 5) is 29.1. The molecule has 1 fully saturated rings. The Hall–Kier alpha value is -1.08. The zero-order chi connectivity index (χ0) is 13.3. The minimum atomic E-state index is -0.946. The predicted molar refractivity (Wildman–Crippen MR) is 71.0 cm³/mol. The van der Waals surface area contributed by atoms with Gasteiger partial charge in [-0.1, -0.05) is 6.92 Å². The highest BCUT2D eigenvalue weighted by molar-refractivity contribution is 8.00. The van der Waals surface area contributed by atoms with E-state index in [9.17, 15) is 14.7 Å². The normalized spacial score (nSPS) is 23.3. The molecule has 0 bridgehead atoms. The summed E-state index contributed by atoms with van der Waals surface area (Å²) in [5, 5.41) is 11.6. The van der Waals surface area contributed by atoms with Crippen LogP contribution in [0.25, 0.3) is 0 Å². The van der Waals surface area contributed by atoms with E-state index in [0.717, 1.165) is 11.4 Å². The fraction of sp³-hybridized carbons (Fsp3) is 0.545. The molecule has 0 aromatic carbocycles. The maximum Gasteiger partial charge on any atom is 0.327 e. The zero-order valence-corrected chi connectivity index (χ0v) is 11.8. The number of carbonyl (C=O) groups excluding carboxylic acids is 1. The molecule has 98 valence electrons. The van der Waals surface area contributed by atoms with Gasteiger partial charge in [-0.2, -0.15) is 0 Å². The first-order valence-corrected chi connectivity index (χ1v) is 7.56. The molecule has 2 unspecified atom stereocenters. The first-order chi connectivity index (χ1) is 8.54. The van der Waals surface area contributed by atoms with Crippen LogP contribution >= 0.6 is 23.1 Å². The standard InChI is InChI=1S/C11H14N2O3S2/c1-3-9-13(8(5-18-9)11(15)16)10(14)7-4-17-6(2)12-7/h4,8-9H,3,5H2,1-2H3,(H,15,16). The Balaban J connectivity index is 2.27. The number of hydrogen-bond donors (Lipinski definition) is 1. The van der Waals surface area contributed by atoms with Crippen LogP contribution in [0.3, 0.4) is 0 Å². The number of rotatable bonds is 3. The van der Waals surface area contributed by atoms with Crippen molar-refractivity contribution < 1.29 is 14.7 Å². The number of aryl methyl sites for hydroxylation is 1. The minimum Gasteiger partial charge on any atom is -0.480 e. The van der Waals surface area contributed by atoms with Crippen molar-refractivity contribution in [3.8, 4) is 0 Å². The number of aromatic nitrogens is 1. The number of carbonyl (C=O) groups is 2. The second kappa shape index (κ2) is 5.27. The highest BCUT2D eigenvalue weighted by Crippen LogP contribution is 2.32. The summed E-state index contributed by atoms with van der Waals surface area (Å²) in [5.74, 6) is -0.773. The van der Waals surface area contributed by atoms with Crippen LogP contribution in [-0.4, -0.2) is 44.0 Å². The molecule has 1 aromatic heterocycles. The second-order valence-corrected chi connectivity index (χ2v) is 6.29. The molecule has 1 saturated heterocycles. The molecule has 0 spiro atoms. The van der Waals surface area contributed by atoms with Gasteiger partial charge in [0.05, 0.1) is 10.4 Å². The quantitative estimate of drug-likeness (QED) is 0.918. The lowest BCUT2D eigenvalue weighted by molar-refractivity contribution is -0.141. The van der Waals surface area contributed by atoms with Crippen LogP contribution in [0.2, 0.25) is 0 Å². The smallest absolute Gasteiger partial charge is 0.327 e. The molecule has 0 aliphatic carbocycles. The summed E-state index contributed by atoms with van der Waals surface area (Å²) in [6.45, 7) is 3.78. The monoisotopic (exact) mass is 286 g/mol. The lowest BCUT2D eigenvalue weighted by atomic mass is 10.2. The molecule has 7 heteroatoms. The number of thiazole rings is 1. The van der Waals surface area contributed by atoms with Crippen molar-refractivity contribution in [1.82, 2.24) is 9.88 Å². The van der Waals surface area contributed by atoms with Gasteiger partial charge in [-0.05, 0) is 13.3 Å². The van der Waals surface area contributed by atoms with Crippen molar-refractivity contribution >= 4 is 35.0 Å². The summed E-state index contributed by atoms with van der Waals surface area (Å²) in [7, 11) is 0. The molecule has 0 saturated carbocycles. The number of carboxylic acids is 1. The van der Waals surface area contributed by atoms with Crippen molar-refractivity contribution in [1.29, 1.82) is 0 Å². The fourth-order valence-corrected chi connectivity index (χ4v) is 3.87. The molecule has 2 atom stereocenters. The van der Waals surface area contributed by atoms with Gasteiger partial charge in [0, 0.05) is 11.1 Å². The summed E-state index contributed by atoms with van der Waals surface area (Å²) in [6.07, 6.45) is 0.739. The van der Waals surface area contributed by atoms with Crippen LogP contribution in [-0.2, 0) is 4.79 Å².